The Bertz CT molecular complexity index is 762. The highest BCUT2D eigenvalue weighted by atomic mass is 16.1. The van der Waals surface area contributed by atoms with Gasteiger partial charge in [-0.25, -0.2) is 0 Å². The lowest BCUT2D eigenvalue weighted by Gasteiger charge is -2.58. The third kappa shape index (κ3) is 11.7. The minimum absolute atomic E-state index is 0.0896. The summed E-state index contributed by atoms with van der Waals surface area (Å²) in [6.07, 6.45) is 18.9. The molecule has 256 valence electrons. The second-order valence-corrected chi connectivity index (χ2v) is 13.3. The Morgan fingerprint density at radius 2 is 1.30 bits per heavy atom. The van der Waals surface area contributed by atoms with Crippen LogP contribution < -0.4 is 5.32 Å². The number of fused-ring (bicyclic) bond motifs is 5. The van der Waals surface area contributed by atoms with Crippen molar-refractivity contribution in [3.05, 3.63) is 23.8 Å². The van der Waals surface area contributed by atoms with E-state index in [1.807, 2.05) is 75.3 Å². The summed E-state index contributed by atoms with van der Waals surface area (Å²) < 4.78 is 0. The molecule has 0 saturated heterocycles. The summed E-state index contributed by atoms with van der Waals surface area (Å²) in [6.45, 7) is 36.3. The summed E-state index contributed by atoms with van der Waals surface area (Å²) in [5.41, 5.74) is 2.81. The summed E-state index contributed by atoms with van der Waals surface area (Å²) in [6, 6.07) is 0. The molecular weight excluding hydrogens is 522 g/mol. The summed E-state index contributed by atoms with van der Waals surface area (Å²) in [5, 5.41) is 3.28. The fourth-order valence-corrected chi connectivity index (χ4v) is 9.19. The van der Waals surface area contributed by atoms with E-state index in [1.54, 1.807) is 0 Å². The Morgan fingerprint density at radius 3 is 1.81 bits per heavy atom. The second-order valence-electron chi connectivity index (χ2n) is 13.3. The standard InChI is InChI=1S/C30H49NO.C3H8.4C2H6/c1-7-30(8-2)16-14-24-22(18-30)9-11-26-25(24)13-15-29(6)23(10-12-27(26)29)19-31-28(32)21(5)17-20(3)4;1-3-2;4*1-2/h17,22-27H,3,7-16,18-19H2,1-2,4-6H3,(H,31,32);3H2,1-2H3;4*1-2H3/b21-17+;;;;;. The maximum absolute atomic E-state index is 12.6. The van der Waals surface area contributed by atoms with E-state index in [1.165, 1.54) is 77.0 Å². The van der Waals surface area contributed by atoms with Gasteiger partial charge in [-0.05, 0) is 118 Å². The molecule has 2 heteroatoms. The average Bonchev–Trinajstić information content (AvgIpc) is 3.39. The van der Waals surface area contributed by atoms with Gasteiger partial charge in [-0.1, -0.05) is 127 Å². The molecule has 0 heterocycles. The van der Waals surface area contributed by atoms with Gasteiger partial charge in [0.2, 0.25) is 5.91 Å². The third-order valence-electron chi connectivity index (χ3n) is 11.2. The van der Waals surface area contributed by atoms with Crippen LogP contribution in [0.5, 0.6) is 0 Å². The van der Waals surface area contributed by atoms with E-state index in [2.05, 4.69) is 46.5 Å². The van der Waals surface area contributed by atoms with E-state index in [0.717, 1.165) is 47.3 Å². The van der Waals surface area contributed by atoms with Crippen LogP contribution in [0.1, 0.15) is 181 Å². The summed E-state index contributed by atoms with van der Waals surface area (Å²) in [7, 11) is 0. The molecule has 4 aliphatic rings. The van der Waals surface area contributed by atoms with Crippen molar-refractivity contribution in [1.29, 1.82) is 0 Å². The number of carbonyl (C=O) groups excluding carboxylic acids is 1. The molecule has 0 aromatic rings. The third-order valence-corrected chi connectivity index (χ3v) is 11.2. The highest BCUT2D eigenvalue weighted by Crippen LogP contribution is 2.65. The van der Waals surface area contributed by atoms with Crippen molar-refractivity contribution in [3.63, 3.8) is 0 Å². The Kier molecular flexibility index (Phi) is 23.9. The zero-order chi connectivity index (χ0) is 33.8. The number of rotatable bonds is 6. The van der Waals surface area contributed by atoms with Gasteiger partial charge >= 0.3 is 0 Å². The number of carbonyl (C=O) groups is 1. The molecule has 7 atom stereocenters. The lowest BCUT2D eigenvalue weighted by molar-refractivity contribution is -0.118. The molecule has 4 fully saturated rings. The highest BCUT2D eigenvalue weighted by Gasteiger charge is 2.57. The summed E-state index contributed by atoms with van der Waals surface area (Å²) >= 11 is 0. The molecule has 0 aromatic carbocycles. The van der Waals surface area contributed by atoms with Gasteiger partial charge in [0.15, 0.2) is 0 Å². The first-order valence-electron chi connectivity index (χ1n) is 19.3. The van der Waals surface area contributed by atoms with Gasteiger partial charge in [0.1, 0.15) is 0 Å². The lowest BCUT2D eigenvalue weighted by Crippen LogP contribution is -2.50. The van der Waals surface area contributed by atoms with Gasteiger partial charge < -0.3 is 5.32 Å². The highest BCUT2D eigenvalue weighted by molar-refractivity contribution is 5.93. The van der Waals surface area contributed by atoms with Crippen LogP contribution in [0, 0.1) is 46.3 Å². The number of amides is 1. The van der Waals surface area contributed by atoms with Crippen molar-refractivity contribution in [1.82, 2.24) is 5.32 Å². The quantitative estimate of drug-likeness (QED) is 0.237. The predicted molar refractivity (Wildman–Crippen MR) is 197 cm³/mol. The molecule has 4 saturated carbocycles. The minimum Gasteiger partial charge on any atom is -0.352 e. The molecule has 0 aromatic heterocycles. The maximum atomic E-state index is 12.6. The van der Waals surface area contributed by atoms with Crippen LogP contribution in [0.2, 0.25) is 0 Å². The van der Waals surface area contributed by atoms with Crippen LogP contribution in [0.4, 0.5) is 0 Å². The SMILES string of the molecule is C=C(C)/C=C(\C)C(=O)NCC1CCC2C3CCC4CC(CC)(CC)CCC4C3CCC12C.CC.CC.CC.CC.CCC. The maximum Gasteiger partial charge on any atom is 0.246 e. The van der Waals surface area contributed by atoms with Crippen molar-refractivity contribution in [3.8, 4) is 0 Å². The lowest BCUT2D eigenvalue weighted by atomic mass is 9.47. The van der Waals surface area contributed by atoms with Crippen LogP contribution in [0.25, 0.3) is 0 Å². The Morgan fingerprint density at radius 1 is 0.767 bits per heavy atom. The van der Waals surface area contributed by atoms with Crippen LogP contribution in [0.3, 0.4) is 0 Å². The molecule has 4 aliphatic carbocycles. The molecule has 2 nitrogen and oxygen atoms in total. The largest absolute Gasteiger partial charge is 0.352 e. The normalized spacial score (nSPS) is 31.3. The first kappa shape index (κ1) is 44.1. The van der Waals surface area contributed by atoms with E-state index >= 15 is 0 Å². The molecule has 1 N–H and O–H groups in total. The molecule has 4 rings (SSSR count). The zero-order valence-electron chi connectivity index (χ0n) is 32.3. The van der Waals surface area contributed by atoms with Crippen molar-refractivity contribution >= 4 is 5.91 Å². The number of hydrogen-bond donors (Lipinski definition) is 1. The summed E-state index contributed by atoms with van der Waals surface area (Å²) in [5.74, 6) is 5.59. The first-order valence-corrected chi connectivity index (χ1v) is 19.3. The number of allylic oxidation sites excluding steroid dienone is 2. The number of nitrogens with one attached hydrogen (secondary N) is 1. The van der Waals surface area contributed by atoms with Crippen LogP contribution in [-0.4, -0.2) is 12.5 Å². The van der Waals surface area contributed by atoms with Gasteiger partial charge in [0.05, 0.1) is 0 Å². The van der Waals surface area contributed by atoms with E-state index in [9.17, 15) is 4.79 Å². The summed E-state index contributed by atoms with van der Waals surface area (Å²) in [4.78, 5) is 12.6. The average molecular weight is 604 g/mol. The first-order chi connectivity index (χ1) is 20.6. The predicted octanol–water partition coefficient (Wildman–Crippen LogP) is 13.2. The molecule has 0 spiro atoms. The molecule has 7 unspecified atom stereocenters. The van der Waals surface area contributed by atoms with E-state index < -0.39 is 0 Å². The van der Waals surface area contributed by atoms with Gasteiger partial charge in [-0.2, -0.15) is 0 Å². The second kappa shape index (κ2) is 23.3. The van der Waals surface area contributed by atoms with Gasteiger partial charge in [0, 0.05) is 12.1 Å². The van der Waals surface area contributed by atoms with Gasteiger partial charge in [0.25, 0.3) is 0 Å². The molecule has 0 radical (unpaired) electrons. The Balaban J connectivity index is 0. The Hall–Kier alpha value is -1.05. The van der Waals surface area contributed by atoms with Crippen LogP contribution in [-0.2, 0) is 4.79 Å². The Labute approximate surface area is 273 Å². The topological polar surface area (TPSA) is 29.1 Å². The molecule has 0 aliphatic heterocycles. The smallest absolute Gasteiger partial charge is 0.246 e. The van der Waals surface area contributed by atoms with Crippen molar-refractivity contribution < 1.29 is 4.79 Å². The van der Waals surface area contributed by atoms with E-state index in [0.29, 0.717) is 16.7 Å². The monoisotopic (exact) mass is 604 g/mol. The zero-order valence-corrected chi connectivity index (χ0v) is 32.3. The molecule has 0 bridgehead atoms. The molecular formula is C41H81NO. The fourth-order valence-electron chi connectivity index (χ4n) is 9.19. The van der Waals surface area contributed by atoms with E-state index in [-0.39, 0.29) is 5.91 Å². The van der Waals surface area contributed by atoms with Gasteiger partial charge in [-0.3, -0.25) is 4.79 Å². The molecule has 43 heavy (non-hydrogen) atoms. The van der Waals surface area contributed by atoms with Crippen LogP contribution >= 0.6 is 0 Å². The van der Waals surface area contributed by atoms with E-state index in [4.69, 9.17) is 0 Å². The minimum atomic E-state index is 0.0896. The van der Waals surface area contributed by atoms with Gasteiger partial charge in [-0.15, -0.1) is 0 Å². The van der Waals surface area contributed by atoms with Crippen molar-refractivity contribution in [2.45, 2.75) is 181 Å². The number of hydrogen-bond acceptors (Lipinski definition) is 1. The fraction of sp³-hybridized carbons (Fsp3) is 0.878. The van der Waals surface area contributed by atoms with Crippen molar-refractivity contribution in [2.75, 3.05) is 6.54 Å². The van der Waals surface area contributed by atoms with Crippen LogP contribution in [0.15, 0.2) is 23.8 Å². The molecule has 1 amide bonds. The van der Waals surface area contributed by atoms with Crippen molar-refractivity contribution in [2.24, 2.45) is 46.3 Å².